The fraction of sp³-hybridized carbons (Fsp3) is 0.105. The number of amides is 1. The summed E-state index contributed by atoms with van der Waals surface area (Å²) in [6, 6.07) is 12.7. The number of rotatable bonds is 7. The average Bonchev–Trinajstić information content (AvgIpc) is 3.44. The second-order valence-corrected chi connectivity index (χ2v) is 9.00. The summed E-state index contributed by atoms with van der Waals surface area (Å²) in [5.41, 5.74) is 3.00. The van der Waals surface area contributed by atoms with Crippen LogP contribution >= 0.6 is 11.3 Å². The molecule has 0 radical (unpaired) electrons. The van der Waals surface area contributed by atoms with Gasteiger partial charge in [-0.25, -0.2) is 14.9 Å². The van der Waals surface area contributed by atoms with Crippen LogP contribution in [0.5, 0.6) is 0 Å². The molecule has 14 heteroatoms. The highest BCUT2D eigenvalue weighted by atomic mass is 32.2. The predicted molar refractivity (Wildman–Crippen MR) is 119 cm³/mol. The highest BCUT2D eigenvalue weighted by Gasteiger charge is 2.21. The number of aromatic nitrogens is 3. The third kappa shape index (κ3) is 5.38. The Labute approximate surface area is 191 Å². The number of ketones is 1. The van der Waals surface area contributed by atoms with Crippen LogP contribution < -0.4 is 15.2 Å². The number of anilines is 1. The van der Waals surface area contributed by atoms with E-state index in [4.69, 9.17) is 9.56 Å². The molecule has 0 aliphatic heterocycles. The van der Waals surface area contributed by atoms with Gasteiger partial charge in [0.05, 0.1) is 23.9 Å². The summed E-state index contributed by atoms with van der Waals surface area (Å²) >= 11 is 1.16. The van der Waals surface area contributed by atoms with Gasteiger partial charge in [-0.2, -0.15) is 13.1 Å². The van der Waals surface area contributed by atoms with E-state index < -0.39 is 22.1 Å². The molecule has 4 N–H and O–H groups in total. The van der Waals surface area contributed by atoms with Crippen molar-refractivity contribution in [2.45, 2.75) is 6.54 Å². The quantitative estimate of drug-likeness (QED) is 0.328. The molecule has 0 aliphatic rings. The van der Waals surface area contributed by atoms with Crippen molar-refractivity contribution in [3.63, 3.8) is 0 Å². The van der Waals surface area contributed by atoms with Gasteiger partial charge in [0.15, 0.2) is 5.01 Å². The number of methoxy groups -OCH3 is 1. The van der Waals surface area contributed by atoms with Crippen LogP contribution in [-0.4, -0.2) is 42.6 Å². The van der Waals surface area contributed by atoms with Crippen LogP contribution in [0.3, 0.4) is 0 Å². The van der Waals surface area contributed by atoms with Gasteiger partial charge in [-0.1, -0.05) is 18.2 Å². The number of hydrogen-bond acceptors (Lipinski definition) is 10. The van der Waals surface area contributed by atoms with E-state index in [0.29, 0.717) is 11.2 Å². The number of nitrogens with two attached hydrogens (primary N) is 1. The van der Waals surface area contributed by atoms with E-state index in [-0.39, 0.29) is 23.3 Å². The zero-order valence-electron chi connectivity index (χ0n) is 16.9. The highest BCUT2D eigenvalue weighted by molar-refractivity contribution is 7.87. The molecule has 0 spiro atoms. The molecule has 0 atom stereocenters. The normalized spacial score (nSPS) is 11.5. The average molecular weight is 489 g/mol. The van der Waals surface area contributed by atoms with Crippen LogP contribution in [0.1, 0.15) is 21.6 Å². The molecule has 0 bridgehead atoms. The third-order valence-electron chi connectivity index (χ3n) is 4.32. The van der Waals surface area contributed by atoms with Gasteiger partial charge in [-0.15, -0.1) is 21.5 Å². The molecule has 33 heavy (non-hydrogen) atoms. The van der Waals surface area contributed by atoms with Gasteiger partial charge in [-0.05, 0) is 35.4 Å². The van der Waals surface area contributed by atoms with Gasteiger partial charge in [0.1, 0.15) is 0 Å². The fourth-order valence-corrected chi connectivity index (χ4v) is 4.05. The van der Waals surface area contributed by atoms with E-state index in [0.717, 1.165) is 27.2 Å². The lowest BCUT2D eigenvalue weighted by Crippen LogP contribution is -2.30. The van der Waals surface area contributed by atoms with Crippen molar-refractivity contribution in [1.29, 1.82) is 0 Å². The first-order valence-corrected chi connectivity index (χ1v) is 11.6. The molecule has 0 saturated heterocycles. The molecule has 170 valence electrons. The van der Waals surface area contributed by atoms with E-state index in [1.54, 1.807) is 18.2 Å². The maximum absolute atomic E-state index is 12.7. The number of hydrogen-bond donors (Lipinski definition) is 3. The van der Waals surface area contributed by atoms with Crippen molar-refractivity contribution < 1.29 is 27.2 Å². The number of fused-ring (bicyclic) bond motifs is 1. The SMILES string of the molecule is COC(=O)Nc1ccc(-c2ccc3nc(C(=O)c4nnc(CNS(N)(=O)=O)o4)sc3c2)cc1. The Hall–Kier alpha value is -3.72. The number of carbonyl (C=O) groups is 2. The van der Waals surface area contributed by atoms with E-state index in [1.165, 1.54) is 7.11 Å². The van der Waals surface area contributed by atoms with Crippen LogP contribution in [0.25, 0.3) is 21.3 Å². The Morgan fingerprint density at radius 3 is 2.55 bits per heavy atom. The molecule has 0 unspecified atom stereocenters. The van der Waals surface area contributed by atoms with Gasteiger partial charge in [0, 0.05) is 5.69 Å². The lowest BCUT2D eigenvalue weighted by Gasteiger charge is -2.05. The molecular formula is C19H16N6O6S2. The van der Waals surface area contributed by atoms with Crippen molar-refractivity contribution in [3.8, 4) is 11.1 Å². The Morgan fingerprint density at radius 2 is 1.85 bits per heavy atom. The van der Waals surface area contributed by atoms with Crippen molar-refractivity contribution in [3.05, 3.63) is 59.3 Å². The Balaban J connectivity index is 1.53. The smallest absolute Gasteiger partial charge is 0.411 e. The third-order valence-corrected chi connectivity index (χ3v) is 5.88. The summed E-state index contributed by atoms with van der Waals surface area (Å²) in [6.07, 6.45) is -0.555. The van der Waals surface area contributed by atoms with Crippen molar-refractivity contribution >= 4 is 49.3 Å². The minimum Gasteiger partial charge on any atom is -0.453 e. The Kier molecular flexibility index (Phi) is 6.15. The minimum atomic E-state index is -3.94. The lowest BCUT2D eigenvalue weighted by atomic mass is 10.1. The molecule has 2 aromatic heterocycles. The molecule has 2 aromatic carbocycles. The zero-order valence-corrected chi connectivity index (χ0v) is 18.6. The molecule has 2 heterocycles. The van der Waals surface area contributed by atoms with Crippen molar-refractivity contribution in [2.24, 2.45) is 5.14 Å². The van der Waals surface area contributed by atoms with Crippen molar-refractivity contribution in [2.75, 3.05) is 12.4 Å². The number of ether oxygens (including phenoxy) is 1. The molecule has 4 aromatic rings. The maximum Gasteiger partial charge on any atom is 0.411 e. The van der Waals surface area contributed by atoms with Crippen LogP contribution in [0.4, 0.5) is 10.5 Å². The summed E-state index contributed by atoms with van der Waals surface area (Å²) in [5.74, 6) is -1.000. The second kappa shape index (κ2) is 9.03. The standard InChI is InChI=1S/C19H16N6O6S2/c1-30-19(27)22-12-5-2-10(3-6-12)11-4-7-13-14(8-11)32-18(23-13)16(26)17-25-24-15(31-17)9-21-33(20,28)29/h2-8,21H,9H2,1H3,(H,22,27)(H2,20,28,29). The minimum absolute atomic E-state index is 0.110. The monoisotopic (exact) mass is 488 g/mol. The zero-order chi connectivity index (χ0) is 23.6. The number of thiazole rings is 1. The Morgan fingerprint density at radius 1 is 1.12 bits per heavy atom. The largest absolute Gasteiger partial charge is 0.453 e. The van der Waals surface area contributed by atoms with Gasteiger partial charge >= 0.3 is 6.09 Å². The van der Waals surface area contributed by atoms with Crippen LogP contribution in [-0.2, 0) is 21.5 Å². The van der Waals surface area contributed by atoms with Crippen LogP contribution in [0, 0.1) is 0 Å². The first-order valence-electron chi connectivity index (χ1n) is 9.22. The summed E-state index contributed by atoms with van der Waals surface area (Å²) in [6.45, 7) is -0.337. The van der Waals surface area contributed by atoms with Gasteiger partial charge in [-0.3, -0.25) is 10.1 Å². The number of nitrogens with one attached hydrogen (secondary N) is 2. The number of nitrogens with zero attached hydrogens (tertiary/aromatic N) is 3. The molecular weight excluding hydrogens is 472 g/mol. The van der Waals surface area contributed by atoms with Gasteiger partial charge in [0.25, 0.3) is 21.9 Å². The Bertz CT molecular complexity index is 1450. The fourth-order valence-electron chi connectivity index (χ4n) is 2.79. The lowest BCUT2D eigenvalue weighted by molar-refractivity contribution is 0.100. The first kappa shape index (κ1) is 22.5. The predicted octanol–water partition coefficient (Wildman–Crippen LogP) is 2.05. The summed E-state index contributed by atoms with van der Waals surface area (Å²) in [4.78, 5) is 28.3. The summed E-state index contributed by atoms with van der Waals surface area (Å²) in [7, 11) is -2.65. The number of carbonyl (C=O) groups excluding carboxylic acids is 2. The van der Waals surface area contributed by atoms with E-state index >= 15 is 0 Å². The first-order chi connectivity index (χ1) is 15.7. The van der Waals surface area contributed by atoms with Gasteiger partial charge < -0.3 is 9.15 Å². The van der Waals surface area contributed by atoms with Crippen LogP contribution in [0.2, 0.25) is 0 Å². The molecule has 4 rings (SSSR count). The summed E-state index contributed by atoms with van der Waals surface area (Å²) < 4.78 is 34.4. The molecule has 12 nitrogen and oxygen atoms in total. The van der Waals surface area contributed by atoms with Crippen molar-refractivity contribution in [1.82, 2.24) is 19.9 Å². The van der Waals surface area contributed by atoms with E-state index in [9.17, 15) is 18.0 Å². The highest BCUT2D eigenvalue weighted by Crippen LogP contribution is 2.30. The molecule has 0 fully saturated rings. The van der Waals surface area contributed by atoms with Gasteiger partial charge in [0.2, 0.25) is 5.89 Å². The maximum atomic E-state index is 12.7. The number of benzene rings is 2. The topological polar surface area (TPSA) is 179 Å². The summed E-state index contributed by atoms with van der Waals surface area (Å²) in [5, 5.41) is 14.9. The molecule has 0 saturated carbocycles. The molecule has 0 aliphatic carbocycles. The van der Waals surface area contributed by atoms with E-state index in [2.05, 4.69) is 25.2 Å². The second-order valence-electron chi connectivity index (χ2n) is 6.59. The molecule has 1 amide bonds. The van der Waals surface area contributed by atoms with E-state index in [1.807, 2.05) is 29.0 Å². The van der Waals surface area contributed by atoms with Crippen LogP contribution in [0.15, 0.2) is 46.9 Å².